The van der Waals surface area contributed by atoms with Gasteiger partial charge in [0.15, 0.2) is 0 Å². The number of rotatable bonds is 4. The number of aryl methyl sites for hydroxylation is 3. The molecule has 34 heavy (non-hydrogen) atoms. The van der Waals surface area contributed by atoms with Gasteiger partial charge in [-0.1, -0.05) is 54.1 Å². The fraction of sp³-hybridized carbons (Fsp3) is 0.286. The number of nitrogens with one attached hydrogen (secondary N) is 1. The second-order valence-corrected chi connectivity index (χ2v) is 9.09. The highest BCUT2D eigenvalue weighted by molar-refractivity contribution is 5.82. The second-order valence-electron chi connectivity index (χ2n) is 9.09. The van der Waals surface area contributed by atoms with E-state index in [-0.39, 0.29) is 0 Å². The molecule has 176 valence electrons. The van der Waals surface area contributed by atoms with Gasteiger partial charge < -0.3 is 20.4 Å². The summed E-state index contributed by atoms with van der Waals surface area (Å²) in [5.74, 6) is -1.54. The molecule has 6 nitrogen and oxygen atoms in total. The molecule has 3 aromatic rings. The minimum Gasteiger partial charge on any atom is -0.480 e. The number of para-hydroxylation sites is 2. The Morgan fingerprint density at radius 2 is 1.50 bits per heavy atom. The second kappa shape index (κ2) is 9.59. The molecule has 0 fully saturated rings. The predicted octanol–water partition coefficient (Wildman–Crippen LogP) is 4.74. The molecule has 2 heterocycles. The average molecular weight is 459 g/mol. The number of hydrogen-bond acceptors (Lipinski definition) is 4. The Balaban J connectivity index is 0.000000192. The normalized spacial score (nSPS) is 17.8. The molecule has 5 rings (SSSR count). The summed E-state index contributed by atoms with van der Waals surface area (Å²) in [5, 5.41) is 21.2. The highest BCUT2D eigenvalue weighted by atomic mass is 16.4. The summed E-state index contributed by atoms with van der Waals surface area (Å²) in [6, 6.07) is 19.1. The molecule has 3 aromatic carbocycles. The number of anilines is 2. The van der Waals surface area contributed by atoms with Crippen molar-refractivity contribution in [3.05, 3.63) is 94.0 Å². The fourth-order valence-corrected chi connectivity index (χ4v) is 4.94. The van der Waals surface area contributed by atoms with Crippen LogP contribution in [-0.2, 0) is 29.0 Å². The zero-order valence-corrected chi connectivity index (χ0v) is 19.7. The van der Waals surface area contributed by atoms with Crippen LogP contribution < -0.4 is 10.2 Å². The predicted molar refractivity (Wildman–Crippen MR) is 134 cm³/mol. The first-order valence-electron chi connectivity index (χ1n) is 11.5. The lowest BCUT2D eigenvalue weighted by Gasteiger charge is -2.26. The zero-order chi connectivity index (χ0) is 24.4. The molecule has 0 aliphatic carbocycles. The molecule has 0 spiro atoms. The maximum absolute atomic E-state index is 11.7. The number of fused-ring (bicyclic) bond motifs is 2. The third kappa shape index (κ3) is 4.76. The van der Waals surface area contributed by atoms with Gasteiger partial charge in [0.25, 0.3) is 0 Å². The molecule has 6 heteroatoms. The van der Waals surface area contributed by atoms with Crippen molar-refractivity contribution in [1.82, 2.24) is 0 Å². The van der Waals surface area contributed by atoms with Crippen molar-refractivity contribution in [2.75, 3.05) is 10.2 Å². The molecule has 2 aliphatic heterocycles. The van der Waals surface area contributed by atoms with Crippen molar-refractivity contribution in [3.8, 4) is 0 Å². The maximum Gasteiger partial charge on any atom is 0.326 e. The van der Waals surface area contributed by atoms with Crippen LogP contribution in [0.25, 0.3) is 0 Å². The van der Waals surface area contributed by atoms with E-state index in [4.69, 9.17) is 5.11 Å². The summed E-state index contributed by atoms with van der Waals surface area (Å²) in [6.07, 6.45) is 1.17. The van der Waals surface area contributed by atoms with Crippen LogP contribution in [0.15, 0.2) is 60.7 Å². The standard InChI is InChI=1S/C19H21NO2.C9H9NO2/c1-12-8-13(2)16(14(3)9-12)11-20-17-7-5-4-6-15(17)10-18(20)19(21)22;11-9(12)8-5-6-3-1-2-4-7(6)10-8/h4-9,18H,10-11H2,1-3H3,(H,21,22);1-4,8,10H,5H2,(H,11,12)/t18-;8-/m11/s1. The van der Waals surface area contributed by atoms with E-state index >= 15 is 0 Å². The molecule has 2 aliphatic rings. The summed E-state index contributed by atoms with van der Waals surface area (Å²) >= 11 is 0. The smallest absolute Gasteiger partial charge is 0.326 e. The van der Waals surface area contributed by atoms with E-state index in [0.29, 0.717) is 19.4 Å². The summed E-state index contributed by atoms with van der Waals surface area (Å²) in [7, 11) is 0. The molecule has 0 saturated carbocycles. The van der Waals surface area contributed by atoms with Crippen LogP contribution in [0.2, 0.25) is 0 Å². The van der Waals surface area contributed by atoms with Crippen LogP contribution in [0.5, 0.6) is 0 Å². The maximum atomic E-state index is 11.7. The van der Waals surface area contributed by atoms with Gasteiger partial charge in [-0.05, 0) is 60.7 Å². The Morgan fingerprint density at radius 1 is 0.882 bits per heavy atom. The van der Waals surface area contributed by atoms with Crippen LogP contribution in [0.4, 0.5) is 11.4 Å². The highest BCUT2D eigenvalue weighted by Gasteiger charge is 2.34. The van der Waals surface area contributed by atoms with E-state index in [1.54, 1.807) is 0 Å². The van der Waals surface area contributed by atoms with E-state index in [2.05, 4.69) is 38.2 Å². The number of nitrogens with zero attached hydrogens (tertiary/aromatic N) is 1. The van der Waals surface area contributed by atoms with Gasteiger partial charge in [-0.25, -0.2) is 9.59 Å². The van der Waals surface area contributed by atoms with Crippen molar-refractivity contribution in [3.63, 3.8) is 0 Å². The van der Waals surface area contributed by atoms with Crippen molar-refractivity contribution in [2.45, 2.75) is 52.2 Å². The number of benzene rings is 3. The number of carbonyl (C=O) groups is 2. The third-order valence-electron chi connectivity index (χ3n) is 6.61. The lowest BCUT2D eigenvalue weighted by Crippen LogP contribution is -2.38. The molecule has 0 aromatic heterocycles. The first kappa shape index (κ1) is 23.4. The van der Waals surface area contributed by atoms with Gasteiger partial charge in [0.2, 0.25) is 0 Å². The Morgan fingerprint density at radius 3 is 2.12 bits per heavy atom. The van der Waals surface area contributed by atoms with Crippen LogP contribution in [0.1, 0.15) is 33.4 Å². The lowest BCUT2D eigenvalue weighted by atomic mass is 9.99. The third-order valence-corrected chi connectivity index (χ3v) is 6.61. The quantitative estimate of drug-likeness (QED) is 0.524. The van der Waals surface area contributed by atoms with E-state index < -0.39 is 24.0 Å². The Hall–Kier alpha value is -3.80. The average Bonchev–Trinajstić information content (AvgIpc) is 3.39. The zero-order valence-electron chi connectivity index (χ0n) is 19.7. The molecule has 0 amide bonds. The molecular weight excluding hydrogens is 428 g/mol. The van der Waals surface area contributed by atoms with E-state index in [1.165, 1.54) is 22.3 Å². The monoisotopic (exact) mass is 458 g/mol. The van der Waals surface area contributed by atoms with Crippen molar-refractivity contribution in [2.24, 2.45) is 0 Å². The summed E-state index contributed by atoms with van der Waals surface area (Å²) in [6.45, 7) is 6.95. The van der Waals surface area contributed by atoms with Gasteiger partial charge >= 0.3 is 11.9 Å². The van der Waals surface area contributed by atoms with Crippen LogP contribution in [-0.4, -0.2) is 34.2 Å². The number of hydrogen-bond donors (Lipinski definition) is 3. The Bertz CT molecular complexity index is 1190. The van der Waals surface area contributed by atoms with Crippen molar-refractivity contribution in [1.29, 1.82) is 0 Å². The van der Waals surface area contributed by atoms with E-state index in [1.807, 2.05) is 53.4 Å². The van der Waals surface area contributed by atoms with Crippen molar-refractivity contribution >= 4 is 23.3 Å². The van der Waals surface area contributed by atoms with Gasteiger partial charge in [0.1, 0.15) is 12.1 Å². The molecule has 0 radical (unpaired) electrons. The summed E-state index contributed by atoms with van der Waals surface area (Å²) < 4.78 is 0. The SMILES string of the molecule is Cc1cc(C)c(CN2c3ccccc3C[C@@H]2C(=O)O)c(C)c1.O=C(O)[C@H]1Cc2ccccc2N1. The molecule has 0 saturated heterocycles. The number of aliphatic carboxylic acids is 2. The highest BCUT2D eigenvalue weighted by Crippen LogP contribution is 2.34. The topological polar surface area (TPSA) is 89.9 Å². The van der Waals surface area contributed by atoms with Gasteiger partial charge in [-0.15, -0.1) is 0 Å². The van der Waals surface area contributed by atoms with Crippen LogP contribution >= 0.6 is 0 Å². The largest absolute Gasteiger partial charge is 0.480 e. The van der Waals surface area contributed by atoms with Gasteiger partial charge in [0, 0.05) is 30.8 Å². The molecule has 2 atom stereocenters. The van der Waals surface area contributed by atoms with Gasteiger partial charge in [-0.3, -0.25) is 0 Å². The van der Waals surface area contributed by atoms with Gasteiger partial charge in [-0.2, -0.15) is 0 Å². The van der Waals surface area contributed by atoms with Crippen LogP contribution in [0.3, 0.4) is 0 Å². The minimum atomic E-state index is -0.786. The molecule has 3 N–H and O–H groups in total. The van der Waals surface area contributed by atoms with Crippen LogP contribution in [0, 0.1) is 20.8 Å². The number of carboxylic acid groups (broad SMARTS) is 2. The Labute approximate surface area is 199 Å². The van der Waals surface area contributed by atoms with Gasteiger partial charge in [0.05, 0.1) is 0 Å². The first-order valence-corrected chi connectivity index (χ1v) is 11.5. The molecule has 0 unspecified atom stereocenters. The molecular formula is C28H30N2O4. The molecule has 0 bridgehead atoms. The minimum absolute atomic E-state index is 0.442. The van der Waals surface area contributed by atoms with Crippen molar-refractivity contribution < 1.29 is 19.8 Å². The first-order chi connectivity index (χ1) is 16.2. The summed E-state index contributed by atoms with van der Waals surface area (Å²) in [5.41, 5.74) is 9.14. The Kier molecular flexibility index (Phi) is 6.59. The number of carboxylic acids is 2. The summed E-state index contributed by atoms with van der Waals surface area (Å²) in [4.78, 5) is 24.3. The van der Waals surface area contributed by atoms with E-state index in [9.17, 15) is 14.7 Å². The fourth-order valence-electron chi connectivity index (χ4n) is 4.94. The van der Waals surface area contributed by atoms with E-state index in [0.717, 1.165) is 22.5 Å². The lowest BCUT2D eigenvalue weighted by molar-refractivity contribution is -0.139.